The topological polar surface area (TPSA) is 36.0 Å². The quantitative estimate of drug-likeness (QED) is 0.666. The molecule has 32 heavy (non-hydrogen) atoms. The number of ether oxygens (including phenoxy) is 1. The number of carbonyl (C=O) groups excluding carboxylic acids is 1. The second-order valence-corrected chi connectivity index (χ2v) is 9.24. The maximum atomic E-state index is 13.5. The van der Waals surface area contributed by atoms with Crippen molar-refractivity contribution in [2.24, 2.45) is 5.41 Å². The summed E-state index contributed by atoms with van der Waals surface area (Å²) in [5.74, 6) is -3.89. The highest BCUT2D eigenvalue weighted by atomic mass is 19.2. The molecular formula is C24H26F3N3O2. The van der Waals surface area contributed by atoms with Gasteiger partial charge in [-0.25, -0.2) is 18.0 Å². The van der Waals surface area contributed by atoms with Gasteiger partial charge in [0, 0.05) is 69.0 Å². The smallest absolute Gasteiger partial charge is 0.410 e. The Morgan fingerprint density at radius 2 is 1.59 bits per heavy atom. The number of hydrogen-bond acceptors (Lipinski definition) is 4. The molecule has 0 N–H and O–H groups in total. The van der Waals surface area contributed by atoms with Crippen molar-refractivity contribution in [2.45, 2.75) is 25.5 Å². The summed E-state index contributed by atoms with van der Waals surface area (Å²) < 4.78 is 45.8. The van der Waals surface area contributed by atoms with E-state index in [9.17, 15) is 18.0 Å². The van der Waals surface area contributed by atoms with Crippen molar-refractivity contribution >= 4 is 11.8 Å². The molecule has 0 bridgehead atoms. The molecule has 0 unspecified atom stereocenters. The van der Waals surface area contributed by atoms with E-state index in [4.69, 9.17) is 4.74 Å². The Morgan fingerprint density at radius 1 is 0.969 bits per heavy atom. The van der Waals surface area contributed by atoms with Crippen LogP contribution in [0.1, 0.15) is 18.4 Å². The van der Waals surface area contributed by atoms with Gasteiger partial charge in [-0.2, -0.15) is 0 Å². The van der Waals surface area contributed by atoms with Crippen LogP contribution in [0.2, 0.25) is 0 Å². The first-order valence-corrected chi connectivity index (χ1v) is 11.0. The van der Waals surface area contributed by atoms with Gasteiger partial charge >= 0.3 is 6.09 Å². The van der Waals surface area contributed by atoms with Gasteiger partial charge in [0.25, 0.3) is 0 Å². The van der Waals surface area contributed by atoms with Gasteiger partial charge in [-0.3, -0.25) is 4.90 Å². The second-order valence-electron chi connectivity index (χ2n) is 9.24. The lowest BCUT2D eigenvalue weighted by Crippen LogP contribution is -2.64. The molecule has 1 saturated carbocycles. The van der Waals surface area contributed by atoms with Crippen LogP contribution in [0.5, 0.6) is 0 Å². The number of piperazine rings is 1. The molecule has 3 fully saturated rings. The zero-order chi connectivity index (χ0) is 22.3. The van der Waals surface area contributed by atoms with Gasteiger partial charge in [-0.15, -0.1) is 0 Å². The molecule has 3 aliphatic rings. The van der Waals surface area contributed by atoms with E-state index in [1.165, 1.54) is 5.56 Å². The SMILES string of the molecule is O=C(OC1CC2(C1)CN(Cc1ccccc1)C2)N1CCN(c2cc(F)c(F)c(F)c2)CC1. The van der Waals surface area contributed by atoms with Crippen LogP contribution in [-0.2, 0) is 11.3 Å². The molecule has 170 valence electrons. The van der Waals surface area contributed by atoms with Crippen LogP contribution < -0.4 is 4.90 Å². The van der Waals surface area contributed by atoms with E-state index in [2.05, 4.69) is 29.2 Å². The third-order valence-corrected chi connectivity index (χ3v) is 6.83. The molecular weight excluding hydrogens is 419 g/mol. The van der Waals surface area contributed by atoms with E-state index in [0.717, 1.165) is 44.6 Å². The van der Waals surface area contributed by atoms with Crippen molar-refractivity contribution in [3.8, 4) is 0 Å². The Morgan fingerprint density at radius 3 is 2.22 bits per heavy atom. The Kier molecular flexibility index (Phi) is 5.49. The fourth-order valence-electron chi connectivity index (χ4n) is 5.19. The summed E-state index contributed by atoms with van der Waals surface area (Å²) >= 11 is 0. The van der Waals surface area contributed by atoms with Crippen molar-refractivity contribution in [1.82, 2.24) is 9.80 Å². The molecule has 2 aliphatic heterocycles. The normalized spacial score (nSPS) is 20.7. The monoisotopic (exact) mass is 445 g/mol. The Balaban J connectivity index is 1.04. The van der Waals surface area contributed by atoms with Gasteiger partial charge in [-0.1, -0.05) is 30.3 Å². The predicted octanol–water partition coefficient (Wildman–Crippen LogP) is 4.03. The Hall–Kier alpha value is -2.74. The number of amides is 1. The number of anilines is 1. The van der Waals surface area contributed by atoms with Gasteiger partial charge in [0.05, 0.1) is 0 Å². The van der Waals surface area contributed by atoms with E-state index >= 15 is 0 Å². The number of hydrogen-bond donors (Lipinski definition) is 0. The summed E-state index contributed by atoms with van der Waals surface area (Å²) in [6.45, 7) is 4.63. The zero-order valence-corrected chi connectivity index (χ0v) is 17.8. The minimum absolute atomic E-state index is 0.0419. The fourth-order valence-corrected chi connectivity index (χ4v) is 5.19. The van der Waals surface area contributed by atoms with Crippen molar-refractivity contribution in [2.75, 3.05) is 44.2 Å². The molecule has 0 aromatic heterocycles. The number of benzene rings is 2. The summed E-state index contributed by atoms with van der Waals surface area (Å²) in [6, 6.07) is 12.4. The molecule has 5 rings (SSSR count). The number of rotatable bonds is 4. The molecule has 2 saturated heterocycles. The van der Waals surface area contributed by atoms with Crippen LogP contribution >= 0.6 is 0 Å². The first-order chi connectivity index (χ1) is 15.4. The first kappa shape index (κ1) is 21.1. The van der Waals surface area contributed by atoms with Gasteiger partial charge in [0.1, 0.15) is 6.10 Å². The third kappa shape index (κ3) is 4.16. The highest BCUT2D eigenvalue weighted by Crippen LogP contribution is 2.50. The van der Waals surface area contributed by atoms with Gasteiger partial charge in [-0.05, 0) is 18.4 Å². The maximum absolute atomic E-state index is 13.5. The molecule has 5 nitrogen and oxygen atoms in total. The molecule has 0 atom stereocenters. The summed E-state index contributed by atoms with van der Waals surface area (Å²) in [4.78, 5) is 18.3. The number of carbonyl (C=O) groups is 1. The van der Waals surface area contributed by atoms with Crippen LogP contribution in [0.3, 0.4) is 0 Å². The largest absolute Gasteiger partial charge is 0.446 e. The summed E-state index contributed by atoms with van der Waals surface area (Å²) in [6.07, 6.45) is 1.43. The molecule has 2 aromatic carbocycles. The lowest BCUT2D eigenvalue weighted by Gasteiger charge is -2.58. The van der Waals surface area contributed by atoms with Gasteiger partial charge in [0.2, 0.25) is 0 Å². The van der Waals surface area contributed by atoms with Crippen molar-refractivity contribution < 1.29 is 22.7 Å². The molecule has 1 spiro atoms. The molecule has 0 radical (unpaired) electrons. The van der Waals surface area contributed by atoms with E-state index in [0.29, 0.717) is 26.2 Å². The highest BCUT2D eigenvalue weighted by Gasteiger charge is 2.53. The van der Waals surface area contributed by atoms with E-state index < -0.39 is 17.5 Å². The highest BCUT2D eigenvalue weighted by molar-refractivity contribution is 5.68. The standard InChI is InChI=1S/C24H26F3N3O2/c25-20-10-18(11-21(26)22(20)27)29-6-8-30(9-7-29)23(31)32-19-12-24(13-19)15-28(16-24)14-17-4-2-1-3-5-17/h1-5,10-11,19H,6-9,12-16H2. The molecule has 8 heteroatoms. The second kappa shape index (κ2) is 8.31. The molecule has 1 amide bonds. The Bertz CT molecular complexity index is 958. The lowest BCUT2D eigenvalue weighted by molar-refractivity contribution is -0.136. The van der Waals surface area contributed by atoms with E-state index in [-0.39, 0.29) is 23.3 Å². The fraction of sp³-hybridized carbons (Fsp3) is 0.458. The van der Waals surface area contributed by atoms with Crippen LogP contribution in [0.15, 0.2) is 42.5 Å². The number of halogens is 3. The number of nitrogens with zero attached hydrogens (tertiary/aromatic N) is 3. The summed E-state index contributed by atoms with van der Waals surface area (Å²) in [5, 5.41) is 0. The van der Waals surface area contributed by atoms with E-state index in [1.54, 1.807) is 9.80 Å². The summed E-state index contributed by atoms with van der Waals surface area (Å²) in [7, 11) is 0. The van der Waals surface area contributed by atoms with Crippen molar-refractivity contribution in [1.29, 1.82) is 0 Å². The van der Waals surface area contributed by atoms with Crippen LogP contribution in [-0.4, -0.2) is 61.3 Å². The predicted molar refractivity (Wildman–Crippen MR) is 114 cm³/mol. The summed E-state index contributed by atoms with van der Waals surface area (Å²) in [5.41, 5.74) is 1.88. The van der Waals surface area contributed by atoms with Crippen molar-refractivity contribution in [3.63, 3.8) is 0 Å². The molecule has 2 aromatic rings. The van der Waals surface area contributed by atoms with E-state index in [1.807, 2.05) is 6.07 Å². The maximum Gasteiger partial charge on any atom is 0.410 e. The molecule has 2 heterocycles. The lowest BCUT2D eigenvalue weighted by atomic mass is 9.61. The number of likely N-dealkylation sites (tertiary alicyclic amines) is 1. The van der Waals surface area contributed by atoms with Crippen LogP contribution in [0, 0.1) is 22.9 Å². The first-order valence-electron chi connectivity index (χ1n) is 11.0. The Labute approximate surface area is 185 Å². The van der Waals surface area contributed by atoms with Crippen molar-refractivity contribution in [3.05, 3.63) is 65.5 Å². The average molecular weight is 445 g/mol. The average Bonchev–Trinajstić information content (AvgIpc) is 2.75. The van der Waals surface area contributed by atoms with Crippen LogP contribution in [0.4, 0.5) is 23.7 Å². The van der Waals surface area contributed by atoms with Gasteiger partial charge in [0.15, 0.2) is 17.5 Å². The van der Waals surface area contributed by atoms with Crippen LogP contribution in [0.25, 0.3) is 0 Å². The minimum Gasteiger partial charge on any atom is -0.446 e. The minimum atomic E-state index is -1.47. The molecule has 1 aliphatic carbocycles. The zero-order valence-electron chi connectivity index (χ0n) is 17.8. The van der Waals surface area contributed by atoms with Gasteiger partial charge < -0.3 is 14.5 Å². The third-order valence-electron chi connectivity index (χ3n) is 6.83.